The van der Waals surface area contributed by atoms with Gasteiger partial charge < -0.3 is 10.6 Å². The Labute approximate surface area is 173 Å². The fraction of sp³-hybridized carbons (Fsp3) is 0.190. The molecule has 5 rings (SSSR count). The molecule has 2 N–H and O–H groups in total. The number of nitrogens with one attached hydrogen (secondary N) is 2. The summed E-state index contributed by atoms with van der Waals surface area (Å²) in [6, 6.07) is 16.0. The second-order valence-corrected chi connectivity index (χ2v) is 9.40. The molecule has 2 aromatic carbocycles. The number of fused-ring (bicyclic) bond motifs is 3. The van der Waals surface area contributed by atoms with Crippen LogP contribution in [-0.4, -0.2) is 36.5 Å². The number of para-hydroxylation sites is 1. The molecule has 0 aliphatic carbocycles. The Balaban J connectivity index is 1.76. The monoisotopic (exact) mass is 426 g/mol. The highest BCUT2D eigenvalue weighted by atomic mass is 35.5. The number of aromatic nitrogens is 2. The quantitative estimate of drug-likeness (QED) is 0.518. The van der Waals surface area contributed by atoms with Gasteiger partial charge in [-0.25, -0.2) is 17.4 Å². The summed E-state index contributed by atoms with van der Waals surface area (Å²) in [7, 11) is -3.82. The number of nitrogens with zero attached hydrogens (tertiary/aromatic N) is 2. The minimum atomic E-state index is -3.82. The number of rotatable bonds is 4. The maximum atomic E-state index is 13.4. The summed E-state index contributed by atoms with van der Waals surface area (Å²) in [5.41, 5.74) is 1.36. The summed E-state index contributed by atoms with van der Waals surface area (Å²) in [5.74, 6) is 0.701. The van der Waals surface area contributed by atoms with Crippen LogP contribution in [0.1, 0.15) is 6.42 Å². The Morgan fingerprint density at radius 3 is 2.76 bits per heavy atom. The number of anilines is 1. The number of pyridine rings is 1. The van der Waals surface area contributed by atoms with Crippen LogP contribution < -0.4 is 10.6 Å². The molecule has 0 unspecified atom stereocenters. The van der Waals surface area contributed by atoms with E-state index < -0.39 is 10.0 Å². The van der Waals surface area contributed by atoms with Gasteiger partial charge in [0.1, 0.15) is 5.82 Å². The largest absolute Gasteiger partial charge is 0.365 e. The first-order valence-corrected chi connectivity index (χ1v) is 11.2. The number of benzene rings is 2. The predicted molar refractivity (Wildman–Crippen MR) is 116 cm³/mol. The van der Waals surface area contributed by atoms with Crippen LogP contribution >= 0.6 is 11.6 Å². The molecule has 1 aliphatic rings. The van der Waals surface area contributed by atoms with E-state index in [2.05, 4.69) is 10.6 Å². The molecule has 29 heavy (non-hydrogen) atoms. The van der Waals surface area contributed by atoms with Crippen molar-refractivity contribution < 1.29 is 8.42 Å². The van der Waals surface area contributed by atoms with Gasteiger partial charge in [0, 0.05) is 34.6 Å². The van der Waals surface area contributed by atoms with E-state index in [1.54, 1.807) is 24.4 Å². The van der Waals surface area contributed by atoms with E-state index in [0.717, 1.165) is 35.8 Å². The van der Waals surface area contributed by atoms with Gasteiger partial charge in [0.25, 0.3) is 10.0 Å². The molecule has 4 aromatic rings. The molecule has 0 amide bonds. The Kier molecular flexibility index (Phi) is 4.46. The summed E-state index contributed by atoms with van der Waals surface area (Å²) in [4.78, 5) is 4.93. The number of halogens is 1. The highest BCUT2D eigenvalue weighted by molar-refractivity contribution is 7.90. The third-order valence-corrected chi connectivity index (χ3v) is 7.16. The fourth-order valence-electron chi connectivity index (χ4n) is 3.84. The van der Waals surface area contributed by atoms with Crippen molar-refractivity contribution in [3.05, 3.63) is 65.8 Å². The summed E-state index contributed by atoms with van der Waals surface area (Å²) < 4.78 is 28.2. The number of hydrogen-bond acceptors (Lipinski definition) is 5. The maximum Gasteiger partial charge on any atom is 0.268 e. The lowest BCUT2D eigenvalue weighted by Crippen LogP contribution is -2.22. The third-order valence-electron chi connectivity index (χ3n) is 5.25. The predicted octanol–water partition coefficient (Wildman–Crippen LogP) is 3.85. The Morgan fingerprint density at radius 2 is 1.97 bits per heavy atom. The van der Waals surface area contributed by atoms with Gasteiger partial charge in [0.2, 0.25) is 0 Å². The van der Waals surface area contributed by atoms with Crippen molar-refractivity contribution in [3.8, 4) is 0 Å². The smallest absolute Gasteiger partial charge is 0.268 e. The molecule has 6 nitrogen and oxygen atoms in total. The molecule has 0 bridgehead atoms. The zero-order valence-corrected chi connectivity index (χ0v) is 17.0. The number of hydrogen-bond donors (Lipinski definition) is 2. The Hall–Kier alpha value is -2.61. The summed E-state index contributed by atoms with van der Waals surface area (Å²) in [6.07, 6.45) is 2.59. The van der Waals surface area contributed by atoms with E-state index in [1.165, 1.54) is 10.0 Å². The molecule has 1 aliphatic heterocycles. The normalized spacial score (nSPS) is 17.2. The summed E-state index contributed by atoms with van der Waals surface area (Å²) in [6.45, 7) is 1.82. The first-order chi connectivity index (χ1) is 14.0. The van der Waals surface area contributed by atoms with Gasteiger partial charge in [-0.1, -0.05) is 35.9 Å². The zero-order valence-electron chi connectivity index (χ0n) is 15.5. The standard InChI is InChI=1S/C21H19ClN4O2S/c22-14-4-3-5-16(12-14)29(27,28)26-11-9-18-20(26)17-6-1-2-7-19(17)25-21(18)24-15-8-10-23-13-15/h1-7,9,11-12,15,23H,8,10,13H2,(H,24,25)/t15-/m0/s1. The van der Waals surface area contributed by atoms with E-state index in [1.807, 2.05) is 30.3 Å². The SMILES string of the molecule is O=S(=O)(c1cccc(Cl)c1)n1ccc2c(N[C@H]3CCNC3)nc3ccccc3c21. The lowest BCUT2D eigenvalue weighted by Gasteiger charge is -2.15. The molecule has 2 aromatic heterocycles. The highest BCUT2D eigenvalue weighted by Gasteiger charge is 2.24. The van der Waals surface area contributed by atoms with Gasteiger partial charge in [-0.3, -0.25) is 0 Å². The third kappa shape index (κ3) is 3.15. The van der Waals surface area contributed by atoms with Gasteiger partial charge in [-0.05, 0) is 43.3 Å². The molecule has 1 atom stereocenters. The minimum absolute atomic E-state index is 0.151. The molecule has 0 saturated carbocycles. The van der Waals surface area contributed by atoms with E-state index in [4.69, 9.17) is 16.6 Å². The first kappa shape index (κ1) is 18.4. The molecule has 148 valence electrons. The molecule has 8 heteroatoms. The molecule has 1 fully saturated rings. The van der Waals surface area contributed by atoms with Gasteiger partial charge in [-0.2, -0.15) is 0 Å². The van der Waals surface area contributed by atoms with E-state index in [9.17, 15) is 8.42 Å². The molecule has 0 radical (unpaired) electrons. The van der Waals surface area contributed by atoms with Gasteiger partial charge in [0.05, 0.1) is 15.9 Å². The van der Waals surface area contributed by atoms with Gasteiger partial charge in [0.15, 0.2) is 0 Å². The lowest BCUT2D eigenvalue weighted by atomic mass is 10.1. The van der Waals surface area contributed by atoms with Crippen LogP contribution in [0.3, 0.4) is 0 Å². The second kappa shape index (κ2) is 7.02. The van der Waals surface area contributed by atoms with Crippen molar-refractivity contribution in [2.75, 3.05) is 18.4 Å². The molecule has 3 heterocycles. The average molecular weight is 427 g/mol. The second-order valence-electron chi connectivity index (χ2n) is 7.15. The highest BCUT2D eigenvalue weighted by Crippen LogP contribution is 2.33. The molecule has 1 saturated heterocycles. The van der Waals surface area contributed by atoms with Crippen LogP contribution in [0.4, 0.5) is 5.82 Å². The van der Waals surface area contributed by atoms with Crippen LogP contribution in [0.2, 0.25) is 5.02 Å². The molecular formula is C21H19ClN4O2S. The fourth-order valence-corrected chi connectivity index (χ4v) is 5.51. The molecule has 0 spiro atoms. The average Bonchev–Trinajstić information content (AvgIpc) is 3.38. The van der Waals surface area contributed by atoms with Crippen LogP contribution in [-0.2, 0) is 10.0 Å². The summed E-state index contributed by atoms with van der Waals surface area (Å²) >= 11 is 6.05. The topological polar surface area (TPSA) is 76.0 Å². The van der Waals surface area contributed by atoms with Crippen molar-refractivity contribution in [3.63, 3.8) is 0 Å². The Morgan fingerprint density at radius 1 is 1.10 bits per heavy atom. The maximum absolute atomic E-state index is 13.4. The van der Waals surface area contributed by atoms with Crippen LogP contribution in [0.25, 0.3) is 21.8 Å². The zero-order chi connectivity index (χ0) is 20.0. The first-order valence-electron chi connectivity index (χ1n) is 9.42. The van der Waals surface area contributed by atoms with Crippen LogP contribution in [0.5, 0.6) is 0 Å². The van der Waals surface area contributed by atoms with Gasteiger partial charge >= 0.3 is 0 Å². The van der Waals surface area contributed by atoms with Crippen molar-refractivity contribution in [1.82, 2.24) is 14.3 Å². The van der Waals surface area contributed by atoms with Crippen molar-refractivity contribution >= 4 is 49.2 Å². The molecular weight excluding hydrogens is 408 g/mol. The Bertz CT molecular complexity index is 1330. The lowest BCUT2D eigenvalue weighted by molar-refractivity contribution is 0.589. The van der Waals surface area contributed by atoms with Crippen molar-refractivity contribution in [1.29, 1.82) is 0 Å². The van der Waals surface area contributed by atoms with Crippen molar-refractivity contribution in [2.24, 2.45) is 0 Å². The minimum Gasteiger partial charge on any atom is -0.365 e. The van der Waals surface area contributed by atoms with Crippen LogP contribution in [0, 0.1) is 0 Å². The van der Waals surface area contributed by atoms with Gasteiger partial charge in [-0.15, -0.1) is 0 Å². The van der Waals surface area contributed by atoms with E-state index in [0.29, 0.717) is 16.4 Å². The van der Waals surface area contributed by atoms with Crippen molar-refractivity contribution in [2.45, 2.75) is 17.4 Å². The van der Waals surface area contributed by atoms with E-state index in [-0.39, 0.29) is 10.9 Å². The van der Waals surface area contributed by atoms with Crippen LogP contribution in [0.15, 0.2) is 65.7 Å². The summed E-state index contributed by atoms with van der Waals surface area (Å²) in [5, 5.41) is 8.76. The van der Waals surface area contributed by atoms with E-state index >= 15 is 0 Å².